The molecule has 0 saturated carbocycles. The lowest BCUT2D eigenvalue weighted by Crippen LogP contribution is -2.67. The maximum atomic E-state index is 13.3. The van der Waals surface area contributed by atoms with Crippen molar-refractivity contribution in [3.8, 4) is 0 Å². The van der Waals surface area contributed by atoms with Gasteiger partial charge in [0.25, 0.3) is 0 Å². The second-order valence-electron chi connectivity index (χ2n) is 9.65. The van der Waals surface area contributed by atoms with Gasteiger partial charge < -0.3 is 35.6 Å². The Kier molecular flexibility index (Phi) is 10.9. The summed E-state index contributed by atoms with van der Waals surface area (Å²) >= 11 is 1.21. The maximum absolute atomic E-state index is 13.3. The fraction of sp³-hybridized carbons (Fsp3) is 0.909. The Balaban J connectivity index is 2.23. The van der Waals surface area contributed by atoms with Gasteiger partial charge in [-0.3, -0.25) is 14.5 Å². The van der Waals surface area contributed by atoms with Crippen molar-refractivity contribution in [2.75, 3.05) is 40.5 Å². The lowest BCUT2D eigenvalue weighted by atomic mass is 9.90. The van der Waals surface area contributed by atoms with E-state index in [0.29, 0.717) is 5.92 Å². The van der Waals surface area contributed by atoms with E-state index in [0.717, 1.165) is 25.8 Å². The number of hydrogen-bond acceptors (Lipinski definition) is 9. The normalized spacial score (nSPS) is 34.8. The molecule has 0 spiro atoms. The van der Waals surface area contributed by atoms with Crippen LogP contribution in [0.1, 0.15) is 33.1 Å². The number of hydrogen-bond donors (Lipinski definition) is 5. The molecule has 0 radical (unpaired) electrons. The zero-order chi connectivity index (χ0) is 24.9. The van der Waals surface area contributed by atoms with Gasteiger partial charge in [0.05, 0.1) is 18.6 Å². The lowest BCUT2D eigenvalue weighted by Gasteiger charge is -2.45. The summed E-state index contributed by atoms with van der Waals surface area (Å²) in [7, 11) is 5.48. The average Bonchev–Trinajstić information content (AvgIpc) is 3.10. The van der Waals surface area contributed by atoms with Crippen LogP contribution in [0.15, 0.2) is 0 Å². The number of ether oxygens (including phenoxy) is 1. The van der Waals surface area contributed by atoms with Crippen molar-refractivity contribution < 1.29 is 29.6 Å². The van der Waals surface area contributed by atoms with Gasteiger partial charge in [0.2, 0.25) is 11.8 Å². The molecule has 10 nitrogen and oxygen atoms in total. The number of thioether (sulfide) groups is 1. The first-order valence-electron chi connectivity index (χ1n) is 11.7. The van der Waals surface area contributed by atoms with Crippen molar-refractivity contribution >= 4 is 23.6 Å². The number of likely N-dealkylation sites (tertiary alicyclic amines) is 1. The van der Waals surface area contributed by atoms with E-state index in [1.54, 1.807) is 32.2 Å². The van der Waals surface area contributed by atoms with Gasteiger partial charge in [0.15, 0.2) is 0 Å². The Bertz CT molecular complexity index is 654. The van der Waals surface area contributed by atoms with E-state index in [1.165, 1.54) is 11.8 Å². The second kappa shape index (κ2) is 12.7. The van der Waals surface area contributed by atoms with Gasteiger partial charge in [-0.15, -0.1) is 11.8 Å². The first-order valence-corrected chi connectivity index (χ1v) is 13.0. The topological polar surface area (TPSA) is 135 Å². The summed E-state index contributed by atoms with van der Waals surface area (Å²) < 4.78 is 5.94. The minimum absolute atomic E-state index is 0.165. The third-order valence-corrected chi connectivity index (χ3v) is 7.38. The fourth-order valence-electron chi connectivity index (χ4n) is 4.82. The van der Waals surface area contributed by atoms with Crippen LogP contribution in [-0.4, -0.2) is 125 Å². The molecule has 192 valence electrons. The summed E-state index contributed by atoms with van der Waals surface area (Å²) in [5.74, 6) is 0.00717. The van der Waals surface area contributed by atoms with Gasteiger partial charge in [-0.25, -0.2) is 0 Å². The molecule has 9 atom stereocenters. The van der Waals surface area contributed by atoms with Crippen molar-refractivity contribution in [3.63, 3.8) is 0 Å². The Labute approximate surface area is 201 Å². The molecule has 5 N–H and O–H groups in total. The highest BCUT2D eigenvalue weighted by Gasteiger charge is 2.49. The number of carbonyl (C=O) groups is 2. The van der Waals surface area contributed by atoms with Gasteiger partial charge in [-0.1, -0.05) is 13.3 Å². The van der Waals surface area contributed by atoms with E-state index in [1.807, 2.05) is 11.9 Å². The molecule has 0 aromatic rings. The molecule has 2 unspecified atom stereocenters. The fourth-order valence-corrected chi connectivity index (χ4v) is 5.50. The summed E-state index contributed by atoms with van der Waals surface area (Å²) in [4.78, 5) is 29.5. The van der Waals surface area contributed by atoms with Crippen molar-refractivity contribution in [2.45, 2.75) is 81.1 Å². The minimum Gasteiger partial charge on any atom is -0.388 e. The van der Waals surface area contributed by atoms with Gasteiger partial charge >= 0.3 is 0 Å². The zero-order valence-electron chi connectivity index (χ0n) is 20.6. The van der Waals surface area contributed by atoms with Gasteiger partial charge in [-0.05, 0) is 53.1 Å². The number of nitrogens with one attached hydrogen (secondary N) is 2. The van der Waals surface area contributed by atoms with Crippen LogP contribution >= 0.6 is 11.8 Å². The summed E-state index contributed by atoms with van der Waals surface area (Å²) in [6.45, 7) is 4.87. The molecule has 0 aliphatic carbocycles. The number of carbonyl (C=O) groups excluding carboxylic acids is 2. The van der Waals surface area contributed by atoms with Crippen LogP contribution in [0.25, 0.3) is 0 Å². The molecular weight excluding hydrogens is 448 g/mol. The van der Waals surface area contributed by atoms with E-state index in [2.05, 4.69) is 17.6 Å². The van der Waals surface area contributed by atoms with E-state index in [4.69, 9.17) is 4.74 Å². The molecule has 2 heterocycles. The van der Waals surface area contributed by atoms with Crippen molar-refractivity contribution in [3.05, 3.63) is 0 Å². The summed E-state index contributed by atoms with van der Waals surface area (Å²) in [6.07, 6.45) is -0.569. The highest BCUT2D eigenvalue weighted by atomic mass is 32.2. The Hall–Kier alpha value is -0.950. The average molecular weight is 491 g/mol. The third kappa shape index (κ3) is 7.27. The van der Waals surface area contributed by atoms with Crippen LogP contribution in [0.4, 0.5) is 0 Å². The first kappa shape index (κ1) is 28.3. The molecule has 2 fully saturated rings. The van der Waals surface area contributed by atoms with Crippen LogP contribution < -0.4 is 10.6 Å². The van der Waals surface area contributed by atoms with Crippen LogP contribution in [0.5, 0.6) is 0 Å². The van der Waals surface area contributed by atoms with E-state index >= 15 is 0 Å². The predicted molar refractivity (Wildman–Crippen MR) is 128 cm³/mol. The number of aliphatic hydroxyl groups excluding tert-OH is 3. The van der Waals surface area contributed by atoms with Gasteiger partial charge in [-0.2, -0.15) is 0 Å². The largest absolute Gasteiger partial charge is 0.388 e. The van der Waals surface area contributed by atoms with E-state index < -0.39 is 41.9 Å². The minimum atomic E-state index is -1.44. The molecule has 2 saturated heterocycles. The van der Waals surface area contributed by atoms with Crippen molar-refractivity contribution in [2.24, 2.45) is 5.92 Å². The van der Waals surface area contributed by atoms with Crippen LogP contribution in [-0.2, 0) is 14.3 Å². The molecule has 0 aromatic heterocycles. The summed E-state index contributed by atoms with van der Waals surface area (Å²) in [6, 6.07) is -1.72. The third-order valence-electron chi connectivity index (χ3n) is 6.52. The highest BCUT2D eigenvalue weighted by Crippen LogP contribution is 2.30. The molecule has 2 aliphatic heterocycles. The standard InChI is InChI=1S/C22H42N4O6S/c1-7-8-13-9-14(26(5)10-13)21(31)24-16(12(2)23-15(27)11-25(3)4)20-18(29)17(28)19(30)22(32-20)33-6/h12-14,16-20,22,28-30H,7-11H2,1-6H3,(H,23,27)(H,24,31)/t12-,13+,14-,16+,17?,18-,19+,20+,22?/m0/s1. The molecule has 0 aromatic carbocycles. The Morgan fingerprint density at radius 1 is 1.18 bits per heavy atom. The number of aliphatic hydroxyl groups is 3. The van der Waals surface area contributed by atoms with Gasteiger partial charge in [0.1, 0.15) is 29.9 Å². The van der Waals surface area contributed by atoms with E-state index in [9.17, 15) is 24.9 Å². The number of rotatable bonds is 10. The quantitative estimate of drug-likeness (QED) is 0.257. The SMILES string of the molecule is CCC[C@@H]1C[C@@H](C(=O)N[C@@H]([C@H]2OC(SC)[C@H](O)C(O)[C@@H]2O)[C@H](C)NC(=O)CN(C)C)N(C)C1. The highest BCUT2D eigenvalue weighted by molar-refractivity contribution is 7.99. The lowest BCUT2D eigenvalue weighted by molar-refractivity contribution is -0.207. The Morgan fingerprint density at radius 2 is 1.85 bits per heavy atom. The summed E-state index contributed by atoms with van der Waals surface area (Å²) in [5, 5.41) is 37.3. The molecule has 11 heteroatoms. The van der Waals surface area contributed by atoms with Crippen LogP contribution in [0.3, 0.4) is 0 Å². The number of amides is 2. The van der Waals surface area contributed by atoms with Crippen molar-refractivity contribution in [1.82, 2.24) is 20.4 Å². The van der Waals surface area contributed by atoms with Gasteiger partial charge in [0, 0.05) is 12.6 Å². The molecule has 2 rings (SSSR count). The van der Waals surface area contributed by atoms with Crippen molar-refractivity contribution in [1.29, 1.82) is 0 Å². The number of likely N-dealkylation sites (N-methyl/N-ethyl adjacent to an activating group) is 2. The molecule has 0 bridgehead atoms. The number of nitrogens with zero attached hydrogens (tertiary/aromatic N) is 2. The van der Waals surface area contributed by atoms with Crippen LogP contribution in [0, 0.1) is 5.92 Å². The maximum Gasteiger partial charge on any atom is 0.237 e. The smallest absolute Gasteiger partial charge is 0.237 e. The zero-order valence-corrected chi connectivity index (χ0v) is 21.4. The molecule has 2 amide bonds. The summed E-state index contributed by atoms with van der Waals surface area (Å²) in [5.41, 5.74) is -0.777. The Morgan fingerprint density at radius 3 is 2.42 bits per heavy atom. The second-order valence-corrected chi connectivity index (χ2v) is 10.6. The first-order chi connectivity index (χ1) is 15.5. The molecule has 2 aliphatic rings. The molecular formula is C22H42N4O6S. The van der Waals surface area contributed by atoms with E-state index in [-0.39, 0.29) is 24.4 Å². The molecule has 33 heavy (non-hydrogen) atoms. The van der Waals surface area contributed by atoms with Crippen LogP contribution in [0.2, 0.25) is 0 Å². The predicted octanol–water partition coefficient (Wildman–Crippen LogP) is -1.17. The monoisotopic (exact) mass is 490 g/mol.